The number of furan rings is 1. The number of esters is 1. The van der Waals surface area contributed by atoms with E-state index in [9.17, 15) is 22.8 Å². The summed E-state index contributed by atoms with van der Waals surface area (Å²) in [6, 6.07) is 6.76. The monoisotopic (exact) mass is 427 g/mol. The lowest BCUT2D eigenvalue weighted by Crippen LogP contribution is -2.44. The number of nitrogens with zero attached hydrogens (tertiary/aromatic N) is 1. The minimum atomic E-state index is -4.45. The molecule has 0 aliphatic carbocycles. The fourth-order valence-corrected chi connectivity index (χ4v) is 4.32. The minimum Gasteiger partial charge on any atom is -0.464 e. The van der Waals surface area contributed by atoms with E-state index in [1.807, 2.05) is 13.8 Å². The summed E-state index contributed by atoms with van der Waals surface area (Å²) >= 11 is 1.29. The molecule has 1 aromatic heterocycles. The van der Waals surface area contributed by atoms with E-state index in [0.717, 1.165) is 12.1 Å². The minimum absolute atomic E-state index is 0.0473. The zero-order chi connectivity index (χ0) is 21.2. The number of benzene rings is 1. The quantitative estimate of drug-likeness (QED) is 0.645. The van der Waals surface area contributed by atoms with Gasteiger partial charge in [0.05, 0.1) is 18.4 Å². The summed E-state index contributed by atoms with van der Waals surface area (Å²) in [6.45, 7) is 4.01. The van der Waals surface area contributed by atoms with E-state index >= 15 is 0 Å². The van der Waals surface area contributed by atoms with Gasteiger partial charge in [-0.05, 0) is 35.7 Å². The molecule has 1 saturated heterocycles. The third-order valence-electron chi connectivity index (χ3n) is 4.32. The normalized spacial score (nSPS) is 19.6. The predicted octanol–water partition coefficient (Wildman–Crippen LogP) is 4.75. The first-order valence-electron chi connectivity index (χ1n) is 9.00. The van der Waals surface area contributed by atoms with Crippen molar-refractivity contribution in [1.29, 1.82) is 0 Å². The molecule has 1 amide bonds. The number of halogens is 3. The van der Waals surface area contributed by atoms with Crippen LogP contribution in [0.1, 0.15) is 40.9 Å². The van der Waals surface area contributed by atoms with Gasteiger partial charge in [0, 0.05) is 5.75 Å². The number of ether oxygens (including phenoxy) is 1. The first-order valence-corrected chi connectivity index (χ1v) is 10.0. The average Bonchev–Trinajstić information content (AvgIpc) is 3.35. The molecule has 9 heteroatoms. The Labute approximate surface area is 170 Å². The zero-order valence-corrected chi connectivity index (χ0v) is 16.6. The Bertz CT molecular complexity index is 850. The molecule has 5 nitrogen and oxygen atoms in total. The molecule has 2 aromatic rings. The molecule has 0 bridgehead atoms. The van der Waals surface area contributed by atoms with Crippen molar-refractivity contribution in [2.75, 3.05) is 12.4 Å². The van der Waals surface area contributed by atoms with E-state index in [0.29, 0.717) is 5.56 Å². The second kappa shape index (κ2) is 8.52. The van der Waals surface area contributed by atoms with Crippen molar-refractivity contribution in [3.8, 4) is 0 Å². The van der Waals surface area contributed by atoms with Crippen LogP contribution in [-0.2, 0) is 15.7 Å². The first kappa shape index (κ1) is 21.3. The summed E-state index contributed by atoms with van der Waals surface area (Å²) < 4.78 is 49.1. The summed E-state index contributed by atoms with van der Waals surface area (Å²) in [7, 11) is 0. The molecule has 2 atom stereocenters. The van der Waals surface area contributed by atoms with Gasteiger partial charge in [0.1, 0.15) is 11.4 Å². The number of thioether (sulfide) groups is 1. The lowest BCUT2D eigenvalue weighted by Gasteiger charge is -2.28. The van der Waals surface area contributed by atoms with Gasteiger partial charge in [-0.1, -0.05) is 26.0 Å². The second-order valence-corrected chi connectivity index (χ2v) is 8.15. The van der Waals surface area contributed by atoms with E-state index in [1.54, 1.807) is 6.07 Å². The molecule has 1 aliphatic rings. The van der Waals surface area contributed by atoms with E-state index in [4.69, 9.17) is 9.15 Å². The highest BCUT2D eigenvalue weighted by Crippen LogP contribution is 2.43. The number of hydrogen-bond donors (Lipinski definition) is 0. The molecule has 29 heavy (non-hydrogen) atoms. The van der Waals surface area contributed by atoms with Crippen LogP contribution in [0.25, 0.3) is 0 Å². The highest BCUT2D eigenvalue weighted by Gasteiger charge is 2.44. The van der Waals surface area contributed by atoms with Gasteiger partial charge in [-0.15, -0.1) is 11.8 Å². The van der Waals surface area contributed by atoms with Gasteiger partial charge in [-0.2, -0.15) is 13.2 Å². The number of rotatable bonds is 5. The molecular weight excluding hydrogens is 407 g/mol. The van der Waals surface area contributed by atoms with Gasteiger partial charge in [0.2, 0.25) is 0 Å². The predicted molar refractivity (Wildman–Crippen MR) is 101 cm³/mol. The molecule has 3 rings (SSSR count). The Kier molecular flexibility index (Phi) is 6.26. The molecule has 1 aliphatic heterocycles. The Morgan fingerprint density at radius 2 is 1.93 bits per heavy atom. The standard InChI is InChI=1S/C20H20F3NO4S/c1-12(2)10-28-19(26)15-11-29-18(24(15)17(25)16-4-3-9-27-16)13-5-7-14(8-6-13)20(21,22)23/h3-9,12,15,18H,10-11H2,1-2H3. The van der Waals surface area contributed by atoms with Crippen molar-refractivity contribution >= 4 is 23.6 Å². The smallest absolute Gasteiger partial charge is 0.416 e. The maximum atomic E-state index is 13.0. The fraction of sp³-hybridized carbons (Fsp3) is 0.400. The summed E-state index contributed by atoms with van der Waals surface area (Å²) in [5.74, 6) is -0.606. The second-order valence-electron chi connectivity index (χ2n) is 7.03. The average molecular weight is 427 g/mol. The third-order valence-corrected chi connectivity index (χ3v) is 5.64. The maximum Gasteiger partial charge on any atom is 0.416 e. The Morgan fingerprint density at radius 3 is 2.48 bits per heavy atom. The SMILES string of the molecule is CC(C)COC(=O)C1CSC(c2ccc(C(F)(F)F)cc2)N1C(=O)c1ccco1. The number of alkyl halides is 3. The molecule has 2 unspecified atom stereocenters. The van der Waals surface area contributed by atoms with Crippen LogP contribution >= 0.6 is 11.8 Å². The Hall–Kier alpha value is -2.42. The van der Waals surface area contributed by atoms with E-state index in [2.05, 4.69) is 0 Å². The Morgan fingerprint density at radius 1 is 1.24 bits per heavy atom. The molecule has 1 aromatic carbocycles. The maximum absolute atomic E-state index is 13.0. The van der Waals surface area contributed by atoms with Crippen LogP contribution < -0.4 is 0 Å². The van der Waals surface area contributed by atoms with Gasteiger partial charge < -0.3 is 14.1 Å². The van der Waals surface area contributed by atoms with Crippen LogP contribution in [0, 0.1) is 5.92 Å². The fourth-order valence-electron chi connectivity index (χ4n) is 2.90. The number of amides is 1. The molecule has 0 radical (unpaired) electrons. The third kappa shape index (κ3) is 4.77. The van der Waals surface area contributed by atoms with Crippen LogP contribution in [0.4, 0.5) is 13.2 Å². The largest absolute Gasteiger partial charge is 0.464 e. The summed E-state index contributed by atoms with van der Waals surface area (Å²) in [5.41, 5.74) is -0.289. The topological polar surface area (TPSA) is 59.8 Å². The molecule has 0 N–H and O–H groups in total. The number of carbonyl (C=O) groups is 2. The molecule has 0 spiro atoms. The van der Waals surface area contributed by atoms with E-state index in [1.165, 1.54) is 41.1 Å². The molecule has 1 fully saturated rings. The van der Waals surface area contributed by atoms with Crippen molar-refractivity contribution in [3.05, 3.63) is 59.5 Å². The molecular formula is C20H20F3NO4S. The van der Waals surface area contributed by atoms with Crippen molar-refractivity contribution in [1.82, 2.24) is 4.90 Å². The van der Waals surface area contributed by atoms with Crippen LogP contribution in [0.2, 0.25) is 0 Å². The highest BCUT2D eigenvalue weighted by molar-refractivity contribution is 7.99. The summed E-state index contributed by atoms with van der Waals surface area (Å²) in [6.07, 6.45) is -3.11. The van der Waals surface area contributed by atoms with Crippen molar-refractivity contribution in [2.24, 2.45) is 5.92 Å². The van der Waals surface area contributed by atoms with Crippen LogP contribution in [0.3, 0.4) is 0 Å². The van der Waals surface area contributed by atoms with Gasteiger partial charge >= 0.3 is 12.1 Å². The van der Waals surface area contributed by atoms with Crippen molar-refractivity contribution in [3.63, 3.8) is 0 Å². The zero-order valence-electron chi connectivity index (χ0n) is 15.8. The van der Waals surface area contributed by atoms with Crippen LogP contribution in [-0.4, -0.2) is 35.2 Å². The van der Waals surface area contributed by atoms with E-state index in [-0.39, 0.29) is 24.0 Å². The lowest BCUT2D eigenvalue weighted by atomic mass is 10.1. The summed E-state index contributed by atoms with van der Waals surface area (Å²) in [4.78, 5) is 26.9. The van der Waals surface area contributed by atoms with Crippen LogP contribution in [0.5, 0.6) is 0 Å². The Balaban J connectivity index is 1.89. The van der Waals surface area contributed by atoms with Gasteiger partial charge in [-0.25, -0.2) is 4.79 Å². The summed E-state index contributed by atoms with van der Waals surface area (Å²) in [5, 5.41) is -0.633. The first-order chi connectivity index (χ1) is 13.7. The van der Waals surface area contributed by atoms with Crippen LogP contribution in [0.15, 0.2) is 47.1 Å². The number of carbonyl (C=O) groups excluding carboxylic acids is 2. The van der Waals surface area contributed by atoms with Crippen molar-refractivity contribution in [2.45, 2.75) is 31.4 Å². The lowest BCUT2D eigenvalue weighted by molar-refractivity contribution is -0.149. The number of hydrogen-bond acceptors (Lipinski definition) is 5. The van der Waals surface area contributed by atoms with Gasteiger partial charge in [-0.3, -0.25) is 4.79 Å². The van der Waals surface area contributed by atoms with Gasteiger partial charge in [0.25, 0.3) is 5.91 Å². The molecule has 156 valence electrons. The highest BCUT2D eigenvalue weighted by atomic mass is 32.2. The molecule has 0 saturated carbocycles. The molecule has 2 heterocycles. The van der Waals surface area contributed by atoms with E-state index < -0.39 is 35.0 Å². The van der Waals surface area contributed by atoms with Gasteiger partial charge in [0.15, 0.2) is 5.76 Å². The van der Waals surface area contributed by atoms with Crippen molar-refractivity contribution < 1.29 is 31.9 Å².